The third-order valence-electron chi connectivity index (χ3n) is 4.05. The molecule has 2 aromatic rings. The predicted molar refractivity (Wildman–Crippen MR) is 96.9 cm³/mol. The maximum Gasteiger partial charge on any atom is 0.427 e. The van der Waals surface area contributed by atoms with Gasteiger partial charge in [0.05, 0.1) is 4.90 Å². The Bertz CT molecular complexity index is 1100. The topological polar surface area (TPSA) is 34.1 Å². The first-order chi connectivity index (χ1) is 14.3. The molecule has 0 heterocycles. The van der Waals surface area contributed by atoms with Crippen molar-refractivity contribution in [1.29, 1.82) is 0 Å². The van der Waals surface area contributed by atoms with Crippen molar-refractivity contribution < 1.29 is 52.3 Å². The van der Waals surface area contributed by atoms with E-state index in [9.17, 15) is 52.3 Å². The van der Waals surface area contributed by atoms with Crippen LogP contribution in [0.4, 0.5) is 43.9 Å². The highest BCUT2D eigenvalue weighted by molar-refractivity contribution is 8.14. The number of hydrogen-bond acceptors (Lipinski definition) is 3. The van der Waals surface area contributed by atoms with Crippen molar-refractivity contribution in [2.45, 2.75) is 34.2 Å². The van der Waals surface area contributed by atoms with Crippen LogP contribution in [0.15, 0.2) is 41.3 Å². The summed E-state index contributed by atoms with van der Waals surface area (Å²) in [6, 6.07) is 6.68. The molecule has 0 amide bonds. The predicted octanol–water partition coefficient (Wildman–Crippen LogP) is 7.06. The van der Waals surface area contributed by atoms with Crippen LogP contribution in [0.25, 0.3) is 11.1 Å². The fourth-order valence-corrected chi connectivity index (χ4v) is 3.83. The lowest BCUT2D eigenvalue weighted by Crippen LogP contribution is -2.62. The summed E-state index contributed by atoms with van der Waals surface area (Å²) < 4.78 is 159. The first-order valence-electron chi connectivity index (χ1n) is 7.97. The van der Waals surface area contributed by atoms with E-state index in [1.54, 1.807) is 6.92 Å². The van der Waals surface area contributed by atoms with E-state index in [2.05, 4.69) is 10.7 Å². The average molecular weight is 535 g/mol. The van der Waals surface area contributed by atoms with Gasteiger partial charge in [-0.1, -0.05) is 29.8 Å². The zero-order valence-electron chi connectivity index (χ0n) is 15.3. The maximum atomic E-state index is 14.2. The Morgan fingerprint density at radius 1 is 0.781 bits per heavy atom. The quantitative estimate of drug-likeness (QED) is 0.217. The first-order valence-corrected chi connectivity index (χ1v) is 11.1. The third-order valence-corrected chi connectivity index (χ3v) is 6.60. The van der Waals surface area contributed by atoms with Crippen LogP contribution >= 0.6 is 22.4 Å². The lowest BCUT2D eigenvalue weighted by atomic mass is 10.0. The van der Waals surface area contributed by atoms with Gasteiger partial charge < -0.3 is 0 Å². The van der Waals surface area contributed by atoms with Gasteiger partial charge in [0, 0.05) is 10.7 Å². The Labute approximate surface area is 183 Å². The van der Waals surface area contributed by atoms with Gasteiger partial charge in [0.2, 0.25) is 0 Å². The second kappa shape index (κ2) is 8.28. The van der Waals surface area contributed by atoms with E-state index in [0.717, 1.165) is 5.56 Å². The van der Waals surface area contributed by atoms with E-state index in [-0.39, 0.29) is 11.1 Å². The zero-order chi connectivity index (χ0) is 24.9. The second-order valence-corrected chi connectivity index (χ2v) is 10.1. The lowest BCUT2D eigenvalue weighted by Gasteiger charge is -2.34. The molecule has 2 aromatic carbocycles. The van der Waals surface area contributed by atoms with Crippen molar-refractivity contribution >= 4 is 31.5 Å². The Morgan fingerprint density at radius 2 is 1.22 bits per heavy atom. The van der Waals surface area contributed by atoms with E-state index < -0.39 is 59.7 Å². The molecule has 0 aliphatic heterocycles. The van der Waals surface area contributed by atoms with Crippen molar-refractivity contribution in [3.05, 3.63) is 53.6 Å². The highest BCUT2D eigenvalue weighted by atomic mass is 35.7. The Kier molecular flexibility index (Phi) is 6.88. The number of alkyl halides is 8. The van der Waals surface area contributed by atoms with Crippen LogP contribution in [-0.4, -0.2) is 30.8 Å². The standard InChI is InChI=1S/C17H9ClF10O2S2/c1-8-2-4-9(5-3-8)10-6-11(19)13(12(20)7-10)31-16(25,26)14(21,22)15(23,24)17(27,28)32(18,29)30/h2-7H,1H3. The molecule has 178 valence electrons. The van der Waals surface area contributed by atoms with E-state index in [4.69, 9.17) is 0 Å². The minimum atomic E-state index is -7.26. The van der Waals surface area contributed by atoms with Crippen LogP contribution in [0.2, 0.25) is 0 Å². The lowest BCUT2D eigenvalue weighted by molar-refractivity contribution is -0.323. The summed E-state index contributed by atoms with van der Waals surface area (Å²) in [6.07, 6.45) is 0. The van der Waals surface area contributed by atoms with E-state index in [1.165, 1.54) is 24.3 Å². The van der Waals surface area contributed by atoms with Crippen LogP contribution in [0.3, 0.4) is 0 Å². The second-order valence-electron chi connectivity index (χ2n) is 6.36. The number of thioether (sulfide) groups is 1. The molecule has 0 radical (unpaired) electrons. The summed E-state index contributed by atoms with van der Waals surface area (Å²) >= 11 is -1.82. The van der Waals surface area contributed by atoms with Gasteiger partial charge in [-0.05, 0) is 41.9 Å². The molecular formula is C17H9ClF10O2S2. The molecule has 0 atom stereocenters. The molecular weight excluding hydrogens is 526 g/mol. The Hall–Kier alpha value is -1.67. The molecule has 2 nitrogen and oxygen atoms in total. The van der Waals surface area contributed by atoms with Gasteiger partial charge >= 0.3 is 31.4 Å². The van der Waals surface area contributed by atoms with Crippen LogP contribution < -0.4 is 0 Å². The Balaban J connectivity index is 2.49. The van der Waals surface area contributed by atoms with Crippen molar-refractivity contribution in [2.75, 3.05) is 0 Å². The maximum absolute atomic E-state index is 14.2. The number of halogens is 11. The molecule has 0 bridgehead atoms. The fraction of sp³-hybridized carbons (Fsp3) is 0.294. The molecule has 0 fully saturated rings. The molecule has 0 N–H and O–H groups in total. The molecule has 2 rings (SSSR count). The first kappa shape index (κ1) is 26.6. The smallest absolute Gasteiger partial charge is 0.206 e. The van der Waals surface area contributed by atoms with Gasteiger partial charge in [-0.25, -0.2) is 17.2 Å². The zero-order valence-corrected chi connectivity index (χ0v) is 17.6. The minimum Gasteiger partial charge on any atom is -0.206 e. The van der Waals surface area contributed by atoms with E-state index >= 15 is 0 Å². The van der Waals surface area contributed by atoms with Gasteiger partial charge in [-0.2, -0.15) is 35.1 Å². The summed E-state index contributed by atoms with van der Waals surface area (Å²) in [7, 11) is -2.82. The van der Waals surface area contributed by atoms with Gasteiger partial charge in [-0.15, -0.1) is 0 Å². The van der Waals surface area contributed by atoms with Crippen molar-refractivity contribution in [1.82, 2.24) is 0 Å². The van der Waals surface area contributed by atoms with Crippen molar-refractivity contribution in [3.8, 4) is 11.1 Å². The number of hydrogen-bond donors (Lipinski definition) is 0. The van der Waals surface area contributed by atoms with Gasteiger partial charge in [0.15, 0.2) is 0 Å². The average Bonchev–Trinajstić information content (AvgIpc) is 2.63. The number of benzene rings is 2. The minimum absolute atomic E-state index is 0.181. The molecule has 0 aromatic heterocycles. The van der Waals surface area contributed by atoms with Crippen LogP contribution in [-0.2, 0) is 9.05 Å². The summed E-state index contributed by atoms with van der Waals surface area (Å²) in [5, 5.41) is -13.2. The number of aryl methyl sites for hydroxylation is 1. The SMILES string of the molecule is Cc1ccc(-c2cc(F)c(SC(F)(F)C(F)(F)C(F)(F)C(F)(F)S(=O)(=O)Cl)c(F)c2)cc1. The number of rotatable bonds is 7. The largest absolute Gasteiger partial charge is 0.427 e. The van der Waals surface area contributed by atoms with Crippen molar-refractivity contribution in [2.24, 2.45) is 0 Å². The monoisotopic (exact) mass is 534 g/mol. The molecule has 0 spiro atoms. The summed E-state index contributed by atoms with van der Waals surface area (Å²) in [5.41, 5.74) is 0.700. The Morgan fingerprint density at radius 3 is 1.62 bits per heavy atom. The van der Waals surface area contributed by atoms with Crippen LogP contribution in [0, 0.1) is 18.6 Å². The molecule has 15 heteroatoms. The molecule has 0 aliphatic carbocycles. The normalized spacial score (nSPS) is 14.0. The summed E-state index contributed by atoms with van der Waals surface area (Å²) in [4.78, 5) is -1.89. The molecule has 0 unspecified atom stereocenters. The molecule has 32 heavy (non-hydrogen) atoms. The van der Waals surface area contributed by atoms with Gasteiger partial charge in [-0.3, -0.25) is 0 Å². The molecule has 0 saturated carbocycles. The van der Waals surface area contributed by atoms with Crippen molar-refractivity contribution in [3.63, 3.8) is 0 Å². The van der Waals surface area contributed by atoms with E-state index in [0.29, 0.717) is 12.1 Å². The highest BCUT2D eigenvalue weighted by Crippen LogP contribution is 2.59. The highest BCUT2D eigenvalue weighted by Gasteiger charge is 2.84. The van der Waals surface area contributed by atoms with Gasteiger partial charge in [0.25, 0.3) is 0 Å². The van der Waals surface area contributed by atoms with Gasteiger partial charge in [0.1, 0.15) is 11.6 Å². The van der Waals surface area contributed by atoms with Crippen LogP contribution in [0.5, 0.6) is 0 Å². The van der Waals surface area contributed by atoms with Crippen LogP contribution in [0.1, 0.15) is 5.56 Å². The molecule has 0 saturated heterocycles. The summed E-state index contributed by atoms with van der Waals surface area (Å²) in [6.45, 7) is 1.68. The third kappa shape index (κ3) is 4.40. The molecule has 0 aliphatic rings. The fourth-order valence-electron chi connectivity index (χ4n) is 2.28. The summed E-state index contributed by atoms with van der Waals surface area (Å²) in [5.74, 6) is -18.2. The van der Waals surface area contributed by atoms with E-state index in [1.807, 2.05) is 0 Å².